The minimum atomic E-state index is -4.95. The van der Waals surface area contributed by atoms with E-state index in [1.54, 1.807) is 49.9 Å². The normalized spacial score (nSPS) is 16.4. The van der Waals surface area contributed by atoms with Gasteiger partial charge >= 0.3 is 12.5 Å². The van der Waals surface area contributed by atoms with Crippen molar-refractivity contribution in [2.24, 2.45) is 0 Å². The van der Waals surface area contributed by atoms with Crippen molar-refractivity contribution in [1.29, 1.82) is 0 Å². The Kier molecular flexibility index (Phi) is 8.93. The highest BCUT2D eigenvalue weighted by Crippen LogP contribution is 2.24. The van der Waals surface area contributed by atoms with E-state index in [1.807, 2.05) is 4.90 Å². The molecule has 1 fully saturated rings. The number of aromatic nitrogens is 1. The van der Waals surface area contributed by atoms with Gasteiger partial charge in [0.2, 0.25) is 15.9 Å². The average molecular weight is 565 g/mol. The summed E-state index contributed by atoms with van der Waals surface area (Å²) < 4.78 is 75.0. The van der Waals surface area contributed by atoms with Gasteiger partial charge in [-0.05, 0) is 44.5 Å². The number of carbonyl (C=O) groups excluding carboxylic acids is 1. The van der Waals surface area contributed by atoms with Gasteiger partial charge in [0, 0.05) is 43.8 Å². The van der Waals surface area contributed by atoms with E-state index in [4.69, 9.17) is 16.3 Å². The lowest BCUT2D eigenvalue weighted by atomic mass is 10.1. The van der Waals surface area contributed by atoms with Crippen LogP contribution < -0.4 is 9.46 Å². The first kappa shape index (κ1) is 29.0. The summed E-state index contributed by atoms with van der Waals surface area (Å²) in [6.45, 7) is 7.40. The van der Waals surface area contributed by atoms with E-state index in [2.05, 4.69) is 14.4 Å². The van der Waals surface area contributed by atoms with Crippen LogP contribution in [0.25, 0.3) is 0 Å². The molecule has 1 aliphatic rings. The van der Waals surface area contributed by atoms with Crippen molar-refractivity contribution in [3.05, 3.63) is 53.2 Å². The number of halogens is 4. The summed E-state index contributed by atoms with van der Waals surface area (Å²) in [7, 11) is -4.17. The second-order valence-corrected chi connectivity index (χ2v) is 11.5. The standard InChI is InChI=1S/C23H28ClF3N4O5S/c1-22(2,3)36-21(32)31-12-10-30(11-13-31)15-19(16-4-6-17(24)7-5-16)29-37(33,34)18-8-9-20(28-14-18)35-23(25,26)27/h4-9,14,19,29H,10-13,15H2,1-3H3. The van der Waals surface area contributed by atoms with Crippen molar-refractivity contribution in [3.63, 3.8) is 0 Å². The number of pyridine rings is 1. The third-order valence-corrected chi connectivity index (χ3v) is 6.98. The Morgan fingerprint density at radius 1 is 1.08 bits per heavy atom. The zero-order chi connectivity index (χ0) is 27.4. The van der Waals surface area contributed by atoms with Crippen LogP contribution in [-0.2, 0) is 14.8 Å². The van der Waals surface area contributed by atoms with Crippen LogP contribution in [0.3, 0.4) is 0 Å². The van der Waals surface area contributed by atoms with Crippen molar-refractivity contribution in [3.8, 4) is 5.88 Å². The van der Waals surface area contributed by atoms with Crippen LogP contribution in [0.5, 0.6) is 5.88 Å². The molecule has 0 bridgehead atoms. The largest absolute Gasteiger partial charge is 0.574 e. The second kappa shape index (κ2) is 11.4. The minimum Gasteiger partial charge on any atom is -0.444 e. The molecular weight excluding hydrogens is 537 g/mol. The molecule has 0 spiro atoms. The van der Waals surface area contributed by atoms with Gasteiger partial charge in [0.05, 0.1) is 12.2 Å². The molecule has 1 unspecified atom stereocenters. The fourth-order valence-corrected chi connectivity index (χ4v) is 4.85. The first-order chi connectivity index (χ1) is 17.1. The summed E-state index contributed by atoms with van der Waals surface area (Å²) in [6, 6.07) is 7.72. The van der Waals surface area contributed by atoms with E-state index in [-0.39, 0.29) is 11.4 Å². The molecule has 2 heterocycles. The molecule has 0 aliphatic carbocycles. The topological polar surface area (TPSA) is 101 Å². The number of sulfonamides is 1. The molecule has 3 rings (SSSR count). The van der Waals surface area contributed by atoms with Gasteiger partial charge in [0.1, 0.15) is 10.5 Å². The number of piperazine rings is 1. The van der Waals surface area contributed by atoms with Crippen LogP contribution in [0.1, 0.15) is 32.4 Å². The molecule has 9 nitrogen and oxygen atoms in total. The molecule has 0 saturated carbocycles. The molecule has 1 aliphatic heterocycles. The van der Waals surface area contributed by atoms with Gasteiger partial charge < -0.3 is 14.4 Å². The SMILES string of the molecule is CC(C)(C)OC(=O)N1CCN(CC(NS(=O)(=O)c2ccc(OC(F)(F)F)nc2)c2ccc(Cl)cc2)CC1. The molecule has 1 N–H and O–H groups in total. The lowest BCUT2D eigenvalue weighted by Crippen LogP contribution is -2.51. The predicted molar refractivity (Wildman–Crippen MR) is 130 cm³/mol. The number of rotatable bonds is 7. The van der Waals surface area contributed by atoms with Crippen LogP contribution in [0.4, 0.5) is 18.0 Å². The van der Waals surface area contributed by atoms with Gasteiger partial charge in [-0.2, -0.15) is 0 Å². The van der Waals surface area contributed by atoms with Gasteiger partial charge in [0.15, 0.2) is 0 Å². The third-order valence-electron chi connectivity index (χ3n) is 5.27. The number of hydrogen-bond donors (Lipinski definition) is 1. The number of nitrogens with one attached hydrogen (secondary N) is 1. The summed E-state index contributed by atoms with van der Waals surface area (Å²) in [6.07, 6.45) is -4.56. The molecule has 2 aromatic rings. The molecule has 1 atom stereocenters. The van der Waals surface area contributed by atoms with E-state index >= 15 is 0 Å². The summed E-state index contributed by atoms with van der Waals surface area (Å²) in [4.78, 5) is 19.1. The van der Waals surface area contributed by atoms with E-state index < -0.39 is 40.0 Å². The Morgan fingerprint density at radius 3 is 2.22 bits per heavy atom. The number of nitrogens with zero attached hydrogens (tertiary/aromatic N) is 3. The number of benzene rings is 1. The molecule has 204 valence electrons. The summed E-state index contributed by atoms with van der Waals surface area (Å²) in [5, 5.41) is 0.473. The van der Waals surface area contributed by atoms with E-state index in [1.165, 1.54) is 0 Å². The Labute approximate surface area is 218 Å². The summed E-state index contributed by atoms with van der Waals surface area (Å²) in [5.41, 5.74) is 0.0190. The quantitative estimate of drug-likeness (QED) is 0.538. The van der Waals surface area contributed by atoms with Crippen molar-refractivity contribution in [1.82, 2.24) is 19.5 Å². The first-order valence-corrected chi connectivity index (χ1v) is 13.2. The molecule has 1 amide bonds. The summed E-state index contributed by atoms with van der Waals surface area (Å²) in [5.74, 6) is -0.774. The van der Waals surface area contributed by atoms with Gasteiger partial charge in [-0.15, -0.1) is 13.2 Å². The molecule has 14 heteroatoms. The fraction of sp³-hybridized carbons (Fsp3) is 0.478. The molecule has 1 saturated heterocycles. The van der Waals surface area contributed by atoms with Crippen LogP contribution in [0, 0.1) is 0 Å². The second-order valence-electron chi connectivity index (χ2n) is 9.37. The Balaban J connectivity index is 1.72. The highest BCUT2D eigenvalue weighted by Gasteiger charge is 2.32. The van der Waals surface area contributed by atoms with Crippen molar-refractivity contribution < 1.29 is 35.9 Å². The monoisotopic (exact) mass is 564 g/mol. The molecule has 0 radical (unpaired) electrons. The maximum atomic E-state index is 13.1. The van der Waals surface area contributed by atoms with Crippen LogP contribution in [0.15, 0.2) is 47.5 Å². The number of carbonyl (C=O) groups is 1. The van der Waals surface area contributed by atoms with Crippen LogP contribution >= 0.6 is 11.6 Å². The van der Waals surface area contributed by atoms with Gasteiger partial charge in [-0.25, -0.2) is 22.9 Å². The molecule has 1 aromatic carbocycles. The smallest absolute Gasteiger partial charge is 0.444 e. The zero-order valence-electron chi connectivity index (χ0n) is 20.5. The van der Waals surface area contributed by atoms with Gasteiger partial charge in [-0.1, -0.05) is 23.7 Å². The van der Waals surface area contributed by atoms with Crippen molar-refractivity contribution >= 4 is 27.7 Å². The highest BCUT2D eigenvalue weighted by molar-refractivity contribution is 7.89. The van der Waals surface area contributed by atoms with E-state index in [0.29, 0.717) is 36.8 Å². The number of ether oxygens (including phenoxy) is 2. The highest BCUT2D eigenvalue weighted by atomic mass is 35.5. The Bertz CT molecular complexity index is 1160. The van der Waals surface area contributed by atoms with Crippen LogP contribution in [0.2, 0.25) is 5.02 Å². The fourth-order valence-electron chi connectivity index (χ4n) is 3.56. The average Bonchev–Trinajstić information content (AvgIpc) is 2.77. The van der Waals surface area contributed by atoms with Crippen molar-refractivity contribution in [2.75, 3.05) is 32.7 Å². The van der Waals surface area contributed by atoms with E-state index in [0.717, 1.165) is 18.3 Å². The number of alkyl halides is 3. The molecule has 1 aromatic heterocycles. The Morgan fingerprint density at radius 2 is 1.70 bits per heavy atom. The predicted octanol–water partition coefficient (Wildman–Crippen LogP) is 4.21. The van der Waals surface area contributed by atoms with Gasteiger partial charge in [-0.3, -0.25) is 4.90 Å². The van der Waals surface area contributed by atoms with Crippen LogP contribution in [-0.4, -0.2) is 74.0 Å². The van der Waals surface area contributed by atoms with E-state index in [9.17, 15) is 26.4 Å². The maximum absolute atomic E-state index is 13.1. The molecular formula is C23H28ClF3N4O5S. The Hall–Kier alpha value is -2.61. The molecule has 37 heavy (non-hydrogen) atoms. The third kappa shape index (κ3) is 9.02. The summed E-state index contributed by atoms with van der Waals surface area (Å²) >= 11 is 5.99. The zero-order valence-corrected chi connectivity index (χ0v) is 22.0. The first-order valence-electron chi connectivity index (χ1n) is 11.3. The lowest BCUT2D eigenvalue weighted by molar-refractivity contribution is -0.276. The number of amides is 1. The maximum Gasteiger partial charge on any atom is 0.574 e. The lowest BCUT2D eigenvalue weighted by Gasteiger charge is -2.37. The van der Waals surface area contributed by atoms with Crippen molar-refractivity contribution in [2.45, 2.75) is 43.7 Å². The number of hydrogen-bond acceptors (Lipinski definition) is 7. The van der Waals surface area contributed by atoms with Gasteiger partial charge in [0.25, 0.3) is 0 Å². The minimum absolute atomic E-state index is 0.270.